The third-order valence-electron chi connectivity index (χ3n) is 4.66. The first-order valence-electron chi connectivity index (χ1n) is 8.92. The number of nitrogens with one attached hydrogen (secondary N) is 1. The van der Waals surface area contributed by atoms with E-state index in [1.807, 2.05) is 6.07 Å². The van der Waals surface area contributed by atoms with E-state index in [1.54, 1.807) is 0 Å². The second kappa shape index (κ2) is 8.75. The van der Waals surface area contributed by atoms with Crippen LogP contribution in [0.25, 0.3) is 0 Å². The molecule has 0 saturated carbocycles. The van der Waals surface area contributed by atoms with Crippen LogP contribution in [0.1, 0.15) is 31.2 Å². The Hall–Kier alpha value is -1.48. The van der Waals surface area contributed by atoms with Crippen molar-refractivity contribution in [2.75, 3.05) is 32.8 Å². The molecule has 2 saturated heterocycles. The quantitative estimate of drug-likeness (QED) is 0.748. The number of hydrogen-bond donors (Lipinski definition) is 2. The Morgan fingerprint density at radius 1 is 1.40 bits per heavy atom. The van der Waals surface area contributed by atoms with Gasteiger partial charge in [-0.1, -0.05) is 5.16 Å². The standard InChI is InChI=1S/C17H27N3O5/c1-12(21)18-10-17-16(22)3-2-14(24-17)8-13-9-15(25-19-13)11-20-4-6-23-7-5-20/h9,14,16-17,22H,2-8,10-11H2,1H3,(H,18,21). The molecular weight excluding hydrogens is 326 g/mol. The summed E-state index contributed by atoms with van der Waals surface area (Å²) in [4.78, 5) is 13.3. The molecule has 0 spiro atoms. The van der Waals surface area contributed by atoms with Crippen LogP contribution in [0, 0.1) is 0 Å². The Morgan fingerprint density at radius 2 is 2.20 bits per heavy atom. The lowest BCUT2D eigenvalue weighted by Gasteiger charge is -2.33. The summed E-state index contributed by atoms with van der Waals surface area (Å²) >= 11 is 0. The van der Waals surface area contributed by atoms with Crippen molar-refractivity contribution < 1.29 is 23.9 Å². The summed E-state index contributed by atoms with van der Waals surface area (Å²) in [6.07, 6.45) is 1.13. The number of amides is 1. The van der Waals surface area contributed by atoms with Gasteiger partial charge in [0.2, 0.25) is 5.91 Å². The van der Waals surface area contributed by atoms with E-state index in [2.05, 4.69) is 15.4 Å². The molecule has 2 aliphatic rings. The third kappa shape index (κ3) is 5.50. The monoisotopic (exact) mass is 353 g/mol. The molecule has 1 aromatic heterocycles. The van der Waals surface area contributed by atoms with Gasteiger partial charge < -0.3 is 24.4 Å². The van der Waals surface area contributed by atoms with Crippen LogP contribution >= 0.6 is 0 Å². The predicted octanol–water partition coefficient (Wildman–Crippen LogP) is 0.0939. The van der Waals surface area contributed by atoms with Crippen LogP contribution in [0.2, 0.25) is 0 Å². The van der Waals surface area contributed by atoms with E-state index in [4.69, 9.17) is 14.0 Å². The number of aliphatic hydroxyl groups is 1. The van der Waals surface area contributed by atoms with Gasteiger partial charge in [0.25, 0.3) is 0 Å². The van der Waals surface area contributed by atoms with Gasteiger partial charge in [0, 0.05) is 39.0 Å². The molecule has 3 atom stereocenters. The average molecular weight is 353 g/mol. The molecule has 8 heteroatoms. The average Bonchev–Trinajstić information content (AvgIpc) is 3.03. The fourth-order valence-electron chi connectivity index (χ4n) is 3.27. The zero-order chi connectivity index (χ0) is 17.6. The summed E-state index contributed by atoms with van der Waals surface area (Å²) in [6, 6.07) is 1.98. The van der Waals surface area contributed by atoms with Crippen molar-refractivity contribution in [3.8, 4) is 0 Å². The number of aromatic nitrogens is 1. The van der Waals surface area contributed by atoms with E-state index < -0.39 is 6.10 Å². The van der Waals surface area contributed by atoms with E-state index in [9.17, 15) is 9.90 Å². The molecule has 2 aliphatic heterocycles. The van der Waals surface area contributed by atoms with Crippen LogP contribution in [-0.4, -0.2) is 72.2 Å². The van der Waals surface area contributed by atoms with Gasteiger partial charge in [0.05, 0.1) is 37.7 Å². The van der Waals surface area contributed by atoms with E-state index in [1.165, 1.54) is 6.92 Å². The molecule has 0 aromatic carbocycles. The minimum Gasteiger partial charge on any atom is -0.390 e. The SMILES string of the molecule is CC(=O)NCC1OC(Cc2cc(CN3CCOCC3)on2)CCC1O. The highest BCUT2D eigenvalue weighted by Crippen LogP contribution is 2.22. The topological polar surface area (TPSA) is 97.1 Å². The lowest BCUT2D eigenvalue weighted by molar-refractivity contribution is -0.127. The molecular formula is C17H27N3O5. The highest BCUT2D eigenvalue weighted by Gasteiger charge is 2.30. The summed E-state index contributed by atoms with van der Waals surface area (Å²) in [5.74, 6) is 0.727. The van der Waals surface area contributed by atoms with E-state index in [0.29, 0.717) is 19.4 Å². The third-order valence-corrected chi connectivity index (χ3v) is 4.66. The van der Waals surface area contributed by atoms with Crippen LogP contribution in [0.5, 0.6) is 0 Å². The number of aliphatic hydroxyl groups excluding tert-OH is 1. The largest absolute Gasteiger partial charge is 0.390 e. The van der Waals surface area contributed by atoms with Crippen LogP contribution in [-0.2, 0) is 27.2 Å². The first-order valence-corrected chi connectivity index (χ1v) is 8.92. The summed E-state index contributed by atoms with van der Waals surface area (Å²) in [7, 11) is 0. The van der Waals surface area contributed by atoms with Gasteiger partial charge >= 0.3 is 0 Å². The number of carbonyl (C=O) groups excluding carboxylic acids is 1. The van der Waals surface area contributed by atoms with Crippen LogP contribution in [0.4, 0.5) is 0 Å². The summed E-state index contributed by atoms with van der Waals surface area (Å²) in [5.41, 5.74) is 0.864. The maximum Gasteiger partial charge on any atom is 0.216 e. The minimum absolute atomic E-state index is 0.0245. The molecule has 140 valence electrons. The number of ether oxygens (including phenoxy) is 2. The van der Waals surface area contributed by atoms with Gasteiger partial charge in [0.15, 0.2) is 5.76 Å². The van der Waals surface area contributed by atoms with Crippen molar-refractivity contribution in [1.29, 1.82) is 0 Å². The zero-order valence-electron chi connectivity index (χ0n) is 14.6. The maximum atomic E-state index is 11.0. The number of nitrogens with zero attached hydrogens (tertiary/aromatic N) is 2. The smallest absolute Gasteiger partial charge is 0.216 e. The van der Waals surface area contributed by atoms with Crippen molar-refractivity contribution >= 4 is 5.91 Å². The fourth-order valence-corrected chi connectivity index (χ4v) is 3.27. The number of morpholine rings is 1. The van der Waals surface area contributed by atoms with Gasteiger partial charge in [-0.3, -0.25) is 9.69 Å². The van der Waals surface area contributed by atoms with E-state index in [-0.39, 0.29) is 18.1 Å². The second-order valence-electron chi connectivity index (χ2n) is 6.76. The minimum atomic E-state index is -0.544. The number of rotatable bonds is 6. The molecule has 2 fully saturated rings. The highest BCUT2D eigenvalue weighted by atomic mass is 16.5. The second-order valence-corrected chi connectivity index (χ2v) is 6.76. The summed E-state index contributed by atoms with van der Waals surface area (Å²) in [6.45, 7) is 5.86. The first kappa shape index (κ1) is 18.3. The molecule has 3 unspecified atom stereocenters. The van der Waals surface area contributed by atoms with Crippen molar-refractivity contribution in [2.24, 2.45) is 0 Å². The van der Waals surface area contributed by atoms with Crippen LogP contribution < -0.4 is 5.32 Å². The Labute approximate surface area is 147 Å². The van der Waals surface area contributed by atoms with E-state index in [0.717, 1.165) is 50.7 Å². The molecule has 0 radical (unpaired) electrons. The number of hydrogen-bond acceptors (Lipinski definition) is 7. The molecule has 8 nitrogen and oxygen atoms in total. The lowest BCUT2D eigenvalue weighted by Crippen LogP contribution is -2.46. The molecule has 1 aromatic rings. The Kier molecular flexibility index (Phi) is 6.41. The molecule has 3 rings (SSSR count). The Bertz CT molecular complexity index is 558. The molecule has 2 N–H and O–H groups in total. The summed E-state index contributed by atoms with van der Waals surface area (Å²) < 4.78 is 16.7. The van der Waals surface area contributed by atoms with Gasteiger partial charge in [-0.25, -0.2) is 0 Å². The maximum absolute atomic E-state index is 11.0. The Balaban J connectivity index is 1.49. The van der Waals surface area contributed by atoms with Crippen LogP contribution in [0.15, 0.2) is 10.6 Å². The normalized spacial score (nSPS) is 28.0. The lowest BCUT2D eigenvalue weighted by atomic mass is 9.98. The molecule has 0 aliphatic carbocycles. The van der Waals surface area contributed by atoms with Gasteiger partial charge in [0.1, 0.15) is 6.10 Å². The van der Waals surface area contributed by atoms with Crippen LogP contribution in [0.3, 0.4) is 0 Å². The zero-order valence-corrected chi connectivity index (χ0v) is 14.6. The summed E-state index contributed by atoms with van der Waals surface area (Å²) in [5, 5.41) is 16.9. The van der Waals surface area contributed by atoms with Crippen molar-refractivity contribution in [2.45, 2.75) is 51.0 Å². The van der Waals surface area contributed by atoms with Gasteiger partial charge in [-0.05, 0) is 12.8 Å². The highest BCUT2D eigenvalue weighted by molar-refractivity contribution is 5.72. The van der Waals surface area contributed by atoms with Crippen molar-refractivity contribution in [3.05, 3.63) is 17.5 Å². The molecule has 1 amide bonds. The number of carbonyl (C=O) groups is 1. The van der Waals surface area contributed by atoms with Gasteiger partial charge in [-0.15, -0.1) is 0 Å². The van der Waals surface area contributed by atoms with Crippen molar-refractivity contribution in [3.63, 3.8) is 0 Å². The Morgan fingerprint density at radius 3 is 2.96 bits per heavy atom. The first-order chi connectivity index (χ1) is 12.1. The van der Waals surface area contributed by atoms with Crippen molar-refractivity contribution in [1.82, 2.24) is 15.4 Å². The molecule has 25 heavy (non-hydrogen) atoms. The fraction of sp³-hybridized carbons (Fsp3) is 0.765. The predicted molar refractivity (Wildman–Crippen MR) is 88.9 cm³/mol. The molecule has 3 heterocycles. The van der Waals surface area contributed by atoms with Gasteiger partial charge in [-0.2, -0.15) is 0 Å². The molecule has 0 bridgehead atoms. The van der Waals surface area contributed by atoms with E-state index >= 15 is 0 Å².